The fraction of sp³-hybridized carbons (Fsp3) is 0.389. The highest BCUT2D eigenvalue weighted by molar-refractivity contribution is 7.99. The van der Waals surface area contributed by atoms with Gasteiger partial charge in [0.05, 0.1) is 6.20 Å². The van der Waals surface area contributed by atoms with E-state index in [0.29, 0.717) is 23.7 Å². The van der Waals surface area contributed by atoms with Crippen LogP contribution in [0.2, 0.25) is 0 Å². The molecule has 0 saturated carbocycles. The third-order valence-electron chi connectivity index (χ3n) is 3.83. The van der Waals surface area contributed by atoms with Gasteiger partial charge in [0.25, 0.3) is 0 Å². The molecule has 0 aliphatic heterocycles. The van der Waals surface area contributed by atoms with Crippen LogP contribution in [0, 0.1) is 32.1 Å². The Kier molecular flexibility index (Phi) is 5.68. The Hall–Kier alpha value is -2.26. The van der Waals surface area contributed by atoms with Crippen LogP contribution in [0.3, 0.4) is 0 Å². The Balaban J connectivity index is 2.39. The number of nitriles is 1. The van der Waals surface area contributed by atoms with Gasteiger partial charge in [-0.3, -0.25) is 0 Å². The molecule has 1 aromatic heterocycles. The fourth-order valence-corrected chi connectivity index (χ4v) is 3.64. The lowest BCUT2D eigenvalue weighted by Gasteiger charge is -2.17. The molecule has 0 aliphatic carbocycles. The summed E-state index contributed by atoms with van der Waals surface area (Å²) in [5.41, 5.74) is 3.91. The van der Waals surface area contributed by atoms with Crippen LogP contribution >= 0.6 is 11.8 Å². The summed E-state index contributed by atoms with van der Waals surface area (Å²) in [6, 6.07) is 6.15. The maximum atomic E-state index is 12.4. The molecule has 1 heterocycles. The molecule has 0 fully saturated rings. The molecule has 0 bridgehead atoms. The first kappa shape index (κ1) is 18.1. The number of aryl methyl sites for hydroxylation is 3. The van der Waals surface area contributed by atoms with Crippen molar-refractivity contribution in [1.82, 2.24) is 14.7 Å². The molecular weight excluding hydrogens is 320 g/mol. The van der Waals surface area contributed by atoms with Crippen LogP contribution in [-0.2, 0) is 0 Å². The highest BCUT2D eigenvalue weighted by Crippen LogP contribution is 2.34. The fourth-order valence-electron chi connectivity index (χ4n) is 2.67. The quantitative estimate of drug-likeness (QED) is 0.838. The second-order valence-corrected chi connectivity index (χ2v) is 6.69. The van der Waals surface area contributed by atoms with Gasteiger partial charge in [-0.2, -0.15) is 15.0 Å². The zero-order valence-corrected chi connectivity index (χ0v) is 15.6. The molecule has 1 aromatic carbocycles. The lowest BCUT2D eigenvalue weighted by Crippen LogP contribution is -2.34. The third kappa shape index (κ3) is 3.62. The van der Waals surface area contributed by atoms with Crippen LogP contribution in [-0.4, -0.2) is 33.8 Å². The van der Waals surface area contributed by atoms with Crippen LogP contribution in [0.15, 0.2) is 28.3 Å². The maximum Gasteiger partial charge on any atom is 0.344 e. The molecule has 5 nitrogen and oxygen atoms in total. The van der Waals surface area contributed by atoms with Crippen molar-refractivity contribution in [3.05, 3.63) is 40.6 Å². The Bertz CT molecular complexity index is 777. The van der Waals surface area contributed by atoms with Crippen LogP contribution in [0.25, 0.3) is 0 Å². The lowest BCUT2D eigenvalue weighted by molar-refractivity contribution is 0.201. The number of carbonyl (C=O) groups excluding carboxylic acids is 1. The number of rotatable bonds is 4. The zero-order valence-electron chi connectivity index (χ0n) is 14.8. The van der Waals surface area contributed by atoms with Crippen molar-refractivity contribution in [2.75, 3.05) is 13.1 Å². The van der Waals surface area contributed by atoms with E-state index in [1.54, 1.807) is 4.90 Å². The van der Waals surface area contributed by atoms with E-state index in [9.17, 15) is 10.1 Å². The zero-order chi connectivity index (χ0) is 17.9. The summed E-state index contributed by atoms with van der Waals surface area (Å²) >= 11 is 1.44. The monoisotopic (exact) mass is 342 g/mol. The maximum absolute atomic E-state index is 12.4. The standard InChI is InChI=1S/C18H22N4OS/c1-6-21(7-2)18(23)22-11-15(10-19)17(20-22)24-16-13(4)8-12(3)9-14(16)5/h8-9,11H,6-7H2,1-5H3. The summed E-state index contributed by atoms with van der Waals surface area (Å²) in [6.07, 6.45) is 1.52. The average molecular weight is 342 g/mol. The van der Waals surface area contributed by atoms with Crippen molar-refractivity contribution >= 4 is 17.8 Å². The first-order chi connectivity index (χ1) is 11.4. The molecule has 24 heavy (non-hydrogen) atoms. The summed E-state index contributed by atoms with van der Waals surface area (Å²) in [7, 11) is 0. The number of benzene rings is 1. The van der Waals surface area contributed by atoms with Gasteiger partial charge in [0.15, 0.2) is 0 Å². The van der Waals surface area contributed by atoms with E-state index in [4.69, 9.17) is 0 Å². The van der Waals surface area contributed by atoms with Gasteiger partial charge in [0.2, 0.25) is 0 Å². The molecule has 1 amide bonds. The van der Waals surface area contributed by atoms with E-state index >= 15 is 0 Å². The van der Waals surface area contributed by atoms with Gasteiger partial charge < -0.3 is 4.90 Å². The molecular formula is C18H22N4OS. The van der Waals surface area contributed by atoms with E-state index in [1.807, 2.05) is 27.7 Å². The number of aromatic nitrogens is 2. The van der Waals surface area contributed by atoms with Gasteiger partial charge in [0, 0.05) is 18.0 Å². The SMILES string of the molecule is CCN(CC)C(=O)n1cc(C#N)c(Sc2c(C)cc(C)cc2C)n1. The first-order valence-electron chi connectivity index (χ1n) is 7.96. The van der Waals surface area contributed by atoms with Crippen LogP contribution in [0.5, 0.6) is 0 Å². The summed E-state index contributed by atoms with van der Waals surface area (Å²) in [6.45, 7) is 11.2. The minimum absolute atomic E-state index is 0.208. The second-order valence-electron chi connectivity index (χ2n) is 5.69. The van der Waals surface area contributed by atoms with Crippen molar-refractivity contribution in [1.29, 1.82) is 5.26 Å². The molecule has 0 radical (unpaired) electrons. The van der Waals surface area contributed by atoms with Crippen LogP contribution in [0.4, 0.5) is 4.79 Å². The van der Waals surface area contributed by atoms with E-state index < -0.39 is 0 Å². The molecule has 2 aromatic rings. The van der Waals surface area contributed by atoms with Crippen molar-refractivity contribution in [3.8, 4) is 6.07 Å². The number of hydrogen-bond donors (Lipinski definition) is 0. The smallest absolute Gasteiger partial charge is 0.323 e. The second kappa shape index (κ2) is 7.54. The summed E-state index contributed by atoms with van der Waals surface area (Å²) in [4.78, 5) is 15.2. The first-order valence-corrected chi connectivity index (χ1v) is 8.77. The number of carbonyl (C=O) groups is 1. The van der Waals surface area contributed by atoms with E-state index in [-0.39, 0.29) is 6.03 Å². The van der Waals surface area contributed by atoms with Gasteiger partial charge in [-0.15, -0.1) is 0 Å². The molecule has 0 N–H and O–H groups in total. The molecule has 0 spiro atoms. The Morgan fingerprint density at radius 2 is 1.83 bits per heavy atom. The number of nitrogens with zero attached hydrogens (tertiary/aromatic N) is 4. The molecule has 2 rings (SSSR count). The Labute approximate surface area is 147 Å². The van der Waals surface area contributed by atoms with E-state index in [2.05, 4.69) is 30.2 Å². The highest BCUT2D eigenvalue weighted by atomic mass is 32.2. The molecule has 6 heteroatoms. The predicted octanol–water partition coefficient (Wildman–Crippen LogP) is 4.14. The molecule has 0 saturated heterocycles. The van der Waals surface area contributed by atoms with Gasteiger partial charge in [-0.05, 0) is 45.7 Å². The van der Waals surface area contributed by atoms with Crippen molar-refractivity contribution in [2.45, 2.75) is 44.5 Å². The van der Waals surface area contributed by atoms with Crippen molar-refractivity contribution in [2.24, 2.45) is 0 Å². The molecule has 0 unspecified atom stereocenters. The Morgan fingerprint density at radius 3 is 2.33 bits per heavy atom. The van der Waals surface area contributed by atoms with Crippen LogP contribution < -0.4 is 0 Å². The summed E-state index contributed by atoms with van der Waals surface area (Å²) < 4.78 is 1.27. The minimum Gasteiger partial charge on any atom is -0.323 e. The largest absolute Gasteiger partial charge is 0.344 e. The van der Waals surface area contributed by atoms with E-state index in [0.717, 1.165) is 16.0 Å². The average Bonchev–Trinajstić information content (AvgIpc) is 2.95. The van der Waals surface area contributed by atoms with Crippen LogP contribution in [0.1, 0.15) is 36.1 Å². The van der Waals surface area contributed by atoms with Gasteiger partial charge in [-0.1, -0.05) is 29.5 Å². The summed E-state index contributed by atoms with van der Waals surface area (Å²) in [5, 5.41) is 14.3. The number of hydrogen-bond acceptors (Lipinski definition) is 4. The summed E-state index contributed by atoms with van der Waals surface area (Å²) in [5.74, 6) is 0. The number of amides is 1. The molecule has 0 atom stereocenters. The van der Waals surface area contributed by atoms with E-state index in [1.165, 1.54) is 28.2 Å². The van der Waals surface area contributed by atoms with Gasteiger partial charge in [0.1, 0.15) is 16.7 Å². The topological polar surface area (TPSA) is 61.9 Å². The van der Waals surface area contributed by atoms with Crippen molar-refractivity contribution in [3.63, 3.8) is 0 Å². The molecule has 126 valence electrons. The Morgan fingerprint density at radius 1 is 1.25 bits per heavy atom. The predicted molar refractivity (Wildman–Crippen MR) is 95.4 cm³/mol. The third-order valence-corrected chi connectivity index (χ3v) is 5.18. The van der Waals surface area contributed by atoms with Gasteiger partial charge in [-0.25, -0.2) is 4.79 Å². The minimum atomic E-state index is -0.208. The van der Waals surface area contributed by atoms with Gasteiger partial charge >= 0.3 is 6.03 Å². The lowest BCUT2D eigenvalue weighted by atomic mass is 10.1. The van der Waals surface area contributed by atoms with Crippen molar-refractivity contribution < 1.29 is 4.79 Å². The normalized spacial score (nSPS) is 10.5. The highest BCUT2D eigenvalue weighted by Gasteiger charge is 2.19. The molecule has 0 aliphatic rings.